The number of benzene rings is 3. The number of aromatic amines is 1. The van der Waals surface area contributed by atoms with Crippen LogP contribution in [0.25, 0.3) is 11.3 Å². The second kappa shape index (κ2) is 12.5. The van der Waals surface area contributed by atoms with Crippen molar-refractivity contribution in [3.8, 4) is 17.0 Å². The third kappa shape index (κ3) is 7.07. The molecule has 7 heteroatoms. The summed E-state index contributed by atoms with van der Waals surface area (Å²) >= 11 is 0. The number of hydrogen-bond acceptors (Lipinski definition) is 4. The van der Waals surface area contributed by atoms with E-state index in [1.54, 1.807) is 29.2 Å². The predicted molar refractivity (Wildman–Crippen MR) is 144 cm³/mol. The number of nitrogens with two attached hydrogens (primary N) is 1. The third-order valence-electron chi connectivity index (χ3n) is 6.21. The van der Waals surface area contributed by atoms with Crippen LogP contribution in [0.1, 0.15) is 51.2 Å². The summed E-state index contributed by atoms with van der Waals surface area (Å²) in [6, 6.07) is 26.5. The van der Waals surface area contributed by atoms with E-state index >= 15 is 0 Å². The van der Waals surface area contributed by atoms with Gasteiger partial charge in [-0.2, -0.15) is 5.10 Å². The highest BCUT2D eigenvalue weighted by Crippen LogP contribution is 2.20. The number of aromatic nitrogens is 2. The van der Waals surface area contributed by atoms with E-state index in [1.165, 1.54) is 0 Å². The lowest BCUT2D eigenvalue weighted by Gasteiger charge is -2.18. The Bertz CT molecular complexity index is 1330. The van der Waals surface area contributed by atoms with Crippen LogP contribution in [0.5, 0.6) is 5.75 Å². The van der Waals surface area contributed by atoms with E-state index in [4.69, 9.17) is 10.5 Å². The van der Waals surface area contributed by atoms with Gasteiger partial charge in [-0.3, -0.25) is 14.7 Å². The predicted octanol–water partition coefficient (Wildman–Crippen LogP) is 5.24. The number of primary amides is 1. The van der Waals surface area contributed by atoms with Gasteiger partial charge in [-0.1, -0.05) is 61.0 Å². The average Bonchev–Trinajstić information content (AvgIpc) is 3.41. The average molecular weight is 497 g/mol. The molecule has 0 atom stereocenters. The molecule has 0 unspecified atom stereocenters. The van der Waals surface area contributed by atoms with E-state index in [0.717, 1.165) is 48.2 Å². The third-order valence-corrected chi connectivity index (χ3v) is 6.21. The van der Waals surface area contributed by atoms with Crippen LogP contribution in [0.4, 0.5) is 0 Å². The maximum atomic E-state index is 12.9. The van der Waals surface area contributed by atoms with Crippen molar-refractivity contribution in [3.63, 3.8) is 0 Å². The van der Waals surface area contributed by atoms with Crippen LogP contribution >= 0.6 is 0 Å². The first-order chi connectivity index (χ1) is 18.0. The number of carbonyl (C=O) groups excluding carboxylic acids is 2. The van der Waals surface area contributed by atoms with Crippen molar-refractivity contribution in [1.82, 2.24) is 15.1 Å². The minimum atomic E-state index is -0.539. The topological polar surface area (TPSA) is 101 Å². The molecule has 0 radical (unpaired) electrons. The zero-order valence-electron chi connectivity index (χ0n) is 21.0. The molecule has 3 N–H and O–H groups in total. The fraction of sp³-hybridized carbons (Fsp3) is 0.233. The van der Waals surface area contributed by atoms with Gasteiger partial charge >= 0.3 is 0 Å². The maximum Gasteiger partial charge on any atom is 0.253 e. The first kappa shape index (κ1) is 25.7. The number of hydrogen-bond donors (Lipinski definition) is 2. The van der Waals surface area contributed by atoms with Gasteiger partial charge in [0.2, 0.25) is 0 Å². The molecule has 0 saturated carbocycles. The van der Waals surface area contributed by atoms with Gasteiger partial charge in [-0.05, 0) is 55.2 Å². The molecule has 2 amide bonds. The van der Waals surface area contributed by atoms with Crippen molar-refractivity contribution in [2.75, 3.05) is 13.6 Å². The molecule has 0 aliphatic heterocycles. The molecule has 0 fully saturated rings. The molecular formula is C30H32N4O3. The number of nitrogens with one attached hydrogen (secondary N) is 1. The van der Waals surface area contributed by atoms with Crippen molar-refractivity contribution in [1.29, 1.82) is 0 Å². The second-order valence-electron chi connectivity index (χ2n) is 9.03. The summed E-state index contributed by atoms with van der Waals surface area (Å²) in [6.07, 6.45) is 3.90. The number of carbonyl (C=O) groups is 2. The van der Waals surface area contributed by atoms with Gasteiger partial charge in [0.25, 0.3) is 11.8 Å². The number of unbranched alkanes of at least 4 members (excludes halogenated alkanes) is 2. The van der Waals surface area contributed by atoms with Crippen molar-refractivity contribution in [3.05, 3.63) is 107 Å². The van der Waals surface area contributed by atoms with Crippen LogP contribution in [-0.2, 0) is 13.0 Å². The summed E-state index contributed by atoms with van der Waals surface area (Å²) in [5.74, 6) is -0.140. The molecule has 0 aliphatic rings. The minimum Gasteiger partial charge on any atom is -0.488 e. The van der Waals surface area contributed by atoms with Gasteiger partial charge in [0, 0.05) is 30.4 Å². The molecular weight excluding hydrogens is 464 g/mol. The lowest BCUT2D eigenvalue weighted by atomic mass is 10.1. The highest BCUT2D eigenvalue weighted by atomic mass is 16.5. The number of H-pyrrole nitrogens is 1. The largest absolute Gasteiger partial charge is 0.488 e. The van der Waals surface area contributed by atoms with Crippen molar-refractivity contribution in [2.45, 2.75) is 32.3 Å². The minimum absolute atomic E-state index is 0.0274. The van der Waals surface area contributed by atoms with Crippen LogP contribution < -0.4 is 10.5 Å². The molecule has 4 aromatic rings. The van der Waals surface area contributed by atoms with Gasteiger partial charge in [-0.25, -0.2) is 0 Å². The van der Waals surface area contributed by atoms with Crippen LogP contribution in [0.3, 0.4) is 0 Å². The standard InChI is InChI=1S/C30H32N4O3/c1-34(18-9-3-6-15-25-20-27(33-32-25)23-12-4-2-5-13-23)30(36)24-14-10-11-22(19-24)21-37-28-17-8-7-16-26(28)29(31)35/h2,4-5,7-8,10-14,16-17,19-20H,3,6,9,15,18,21H2,1H3,(H2,31,35)(H,32,33). The molecule has 1 aromatic heterocycles. The van der Waals surface area contributed by atoms with Gasteiger partial charge in [0.1, 0.15) is 12.4 Å². The first-order valence-corrected chi connectivity index (χ1v) is 12.5. The maximum absolute atomic E-state index is 12.9. The van der Waals surface area contributed by atoms with Crippen LogP contribution in [0.15, 0.2) is 84.9 Å². The Morgan fingerprint density at radius 3 is 2.51 bits per heavy atom. The molecule has 0 spiro atoms. The zero-order valence-corrected chi connectivity index (χ0v) is 21.0. The fourth-order valence-electron chi connectivity index (χ4n) is 4.16. The molecule has 37 heavy (non-hydrogen) atoms. The molecule has 3 aromatic carbocycles. The normalized spacial score (nSPS) is 10.7. The number of amides is 2. The number of para-hydroxylation sites is 1. The van der Waals surface area contributed by atoms with E-state index in [0.29, 0.717) is 23.4 Å². The van der Waals surface area contributed by atoms with E-state index in [2.05, 4.69) is 28.4 Å². The summed E-state index contributed by atoms with van der Waals surface area (Å²) in [4.78, 5) is 26.3. The molecule has 190 valence electrons. The van der Waals surface area contributed by atoms with Gasteiger partial charge < -0.3 is 15.4 Å². The van der Waals surface area contributed by atoms with E-state index < -0.39 is 5.91 Å². The second-order valence-corrected chi connectivity index (χ2v) is 9.03. The van der Waals surface area contributed by atoms with E-state index in [1.807, 2.05) is 49.5 Å². The summed E-state index contributed by atoms with van der Waals surface area (Å²) in [5.41, 5.74) is 10.4. The summed E-state index contributed by atoms with van der Waals surface area (Å²) in [5, 5.41) is 7.54. The van der Waals surface area contributed by atoms with Gasteiger partial charge in [0.05, 0.1) is 11.3 Å². The SMILES string of the molecule is CN(CCCCCc1cc(-c2ccccc2)n[nH]1)C(=O)c1cccc(COc2ccccc2C(N)=O)c1. The number of ether oxygens (including phenoxy) is 1. The summed E-state index contributed by atoms with van der Waals surface area (Å²) in [7, 11) is 1.83. The van der Waals surface area contributed by atoms with Crippen molar-refractivity contribution < 1.29 is 14.3 Å². The highest BCUT2D eigenvalue weighted by molar-refractivity contribution is 5.95. The molecule has 4 rings (SSSR count). The summed E-state index contributed by atoms with van der Waals surface area (Å²) in [6.45, 7) is 0.915. The highest BCUT2D eigenvalue weighted by Gasteiger charge is 2.13. The zero-order chi connectivity index (χ0) is 26.0. The van der Waals surface area contributed by atoms with E-state index in [9.17, 15) is 9.59 Å². The van der Waals surface area contributed by atoms with Crippen molar-refractivity contribution in [2.24, 2.45) is 5.73 Å². The van der Waals surface area contributed by atoms with Crippen LogP contribution in [0, 0.1) is 0 Å². The Labute approximate surface area is 217 Å². The Hall–Kier alpha value is -4.39. The monoisotopic (exact) mass is 496 g/mol. The molecule has 0 saturated heterocycles. The van der Waals surface area contributed by atoms with E-state index in [-0.39, 0.29) is 12.5 Å². The Kier molecular flexibility index (Phi) is 8.70. The first-order valence-electron chi connectivity index (χ1n) is 12.5. The number of rotatable bonds is 12. The molecule has 0 aliphatic carbocycles. The summed E-state index contributed by atoms with van der Waals surface area (Å²) < 4.78 is 5.80. The molecule has 1 heterocycles. The van der Waals surface area contributed by atoms with Gasteiger partial charge in [-0.15, -0.1) is 0 Å². The number of aryl methyl sites for hydroxylation is 1. The lowest BCUT2D eigenvalue weighted by molar-refractivity contribution is 0.0792. The Morgan fingerprint density at radius 2 is 1.70 bits per heavy atom. The Balaban J connectivity index is 1.22. The van der Waals surface area contributed by atoms with Crippen molar-refractivity contribution >= 4 is 11.8 Å². The quantitative estimate of drug-likeness (QED) is 0.262. The lowest BCUT2D eigenvalue weighted by Crippen LogP contribution is -2.27. The number of nitrogens with zero attached hydrogens (tertiary/aromatic N) is 2. The smallest absolute Gasteiger partial charge is 0.253 e. The van der Waals surface area contributed by atoms with Gasteiger partial charge in [0.15, 0.2) is 0 Å². The Morgan fingerprint density at radius 1 is 0.919 bits per heavy atom. The molecule has 0 bridgehead atoms. The van der Waals surface area contributed by atoms with Crippen LogP contribution in [0.2, 0.25) is 0 Å². The molecule has 7 nitrogen and oxygen atoms in total. The van der Waals surface area contributed by atoms with Crippen LogP contribution in [-0.4, -0.2) is 40.5 Å². The fourth-order valence-corrected chi connectivity index (χ4v) is 4.16.